The van der Waals surface area contributed by atoms with Crippen LogP contribution >= 0.6 is 0 Å². The maximum atomic E-state index is 12.1. The Morgan fingerprint density at radius 2 is 2.05 bits per heavy atom. The van der Waals surface area contributed by atoms with Gasteiger partial charge in [0.1, 0.15) is 0 Å². The van der Waals surface area contributed by atoms with Gasteiger partial charge in [-0.3, -0.25) is 9.78 Å². The number of amides is 1. The molecule has 1 amide bonds. The molecule has 0 bridgehead atoms. The van der Waals surface area contributed by atoms with Crippen molar-refractivity contribution in [3.05, 3.63) is 53.9 Å². The van der Waals surface area contributed by atoms with Gasteiger partial charge >= 0.3 is 0 Å². The first-order valence-corrected chi connectivity index (χ1v) is 6.32. The van der Waals surface area contributed by atoms with E-state index in [0.717, 1.165) is 12.0 Å². The number of hydrogen-bond donors (Lipinski definition) is 2. The quantitative estimate of drug-likeness (QED) is 0.810. The summed E-state index contributed by atoms with van der Waals surface area (Å²) in [6.45, 7) is 0.542. The van der Waals surface area contributed by atoms with Gasteiger partial charge in [-0.1, -0.05) is 6.07 Å². The van der Waals surface area contributed by atoms with Crippen molar-refractivity contribution < 1.29 is 9.53 Å². The van der Waals surface area contributed by atoms with E-state index in [1.54, 1.807) is 30.6 Å². The molecule has 5 nitrogen and oxygen atoms in total. The van der Waals surface area contributed by atoms with Crippen molar-refractivity contribution in [1.82, 2.24) is 10.3 Å². The highest BCUT2D eigenvalue weighted by atomic mass is 16.5. The average molecular weight is 271 g/mol. The first-order chi connectivity index (χ1) is 9.72. The molecule has 3 N–H and O–H groups in total. The van der Waals surface area contributed by atoms with Crippen molar-refractivity contribution in [2.45, 2.75) is 6.42 Å². The number of aromatic nitrogens is 1. The minimum atomic E-state index is -0.191. The fraction of sp³-hybridized carbons (Fsp3) is 0.200. The van der Waals surface area contributed by atoms with Crippen LogP contribution in [0.2, 0.25) is 0 Å². The zero-order valence-electron chi connectivity index (χ0n) is 11.3. The number of hydrogen-bond acceptors (Lipinski definition) is 4. The molecule has 1 heterocycles. The topological polar surface area (TPSA) is 77.2 Å². The molecule has 5 heteroatoms. The lowest BCUT2D eigenvalue weighted by Gasteiger charge is -2.11. The molecule has 0 atom stereocenters. The fourth-order valence-corrected chi connectivity index (χ4v) is 1.93. The molecule has 0 aliphatic heterocycles. The molecule has 0 fully saturated rings. The highest BCUT2D eigenvalue weighted by Gasteiger charge is 2.13. The number of carbonyl (C=O) groups is 1. The van der Waals surface area contributed by atoms with Gasteiger partial charge in [0, 0.05) is 18.9 Å². The lowest BCUT2D eigenvalue weighted by Crippen LogP contribution is -2.26. The van der Waals surface area contributed by atoms with Crippen molar-refractivity contribution >= 4 is 11.6 Å². The summed E-state index contributed by atoms with van der Waals surface area (Å²) >= 11 is 0. The van der Waals surface area contributed by atoms with Crippen LogP contribution in [0.15, 0.2) is 42.7 Å². The molecule has 0 radical (unpaired) electrons. The first-order valence-electron chi connectivity index (χ1n) is 6.32. The molecule has 0 unspecified atom stereocenters. The molecule has 0 saturated heterocycles. The predicted molar refractivity (Wildman–Crippen MR) is 77.7 cm³/mol. The summed E-state index contributed by atoms with van der Waals surface area (Å²) in [6.07, 6.45) is 4.22. The van der Waals surface area contributed by atoms with E-state index in [1.807, 2.05) is 12.1 Å². The maximum absolute atomic E-state index is 12.1. The van der Waals surface area contributed by atoms with Crippen molar-refractivity contribution in [2.75, 3.05) is 19.4 Å². The molecule has 0 spiro atoms. The zero-order chi connectivity index (χ0) is 14.4. The number of nitrogen functional groups attached to an aromatic ring is 1. The van der Waals surface area contributed by atoms with Crippen LogP contribution in [0.3, 0.4) is 0 Å². The summed E-state index contributed by atoms with van der Waals surface area (Å²) < 4.78 is 5.17. The van der Waals surface area contributed by atoms with Gasteiger partial charge in [0.05, 0.1) is 18.4 Å². The fourth-order valence-electron chi connectivity index (χ4n) is 1.93. The van der Waals surface area contributed by atoms with Crippen LogP contribution in [0.1, 0.15) is 15.9 Å². The number of methoxy groups -OCH3 is 1. The van der Waals surface area contributed by atoms with Crippen LogP contribution in [0.5, 0.6) is 5.75 Å². The van der Waals surface area contributed by atoms with E-state index < -0.39 is 0 Å². The number of benzene rings is 1. The standard InChI is InChI=1S/C15H17N3O2/c1-20-14-12(3-2-4-13(14)16)15(19)18-10-7-11-5-8-17-9-6-11/h2-6,8-9H,7,10,16H2,1H3,(H,18,19). The third-order valence-electron chi connectivity index (χ3n) is 2.94. The van der Waals surface area contributed by atoms with Gasteiger partial charge in [-0.15, -0.1) is 0 Å². The molecule has 1 aromatic heterocycles. The molecular formula is C15H17N3O2. The number of nitrogens with one attached hydrogen (secondary N) is 1. The number of para-hydroxylation sites is 1. The SMILES string of the molecule is COc1c(N)cccc1C(=O)NCCc1ccncc1. The second kappa shape index (κ2) is 6.56. The normalized spacial score (nSPS) is 10.1. The summed E-state index contributed by atoms with van der Waals surface area (Å²) in [5.74, 6) is 0.220. The van der Waals surface area contributed by atoms with Gasteiger partial charge in [0.2, 0.25) is 0 Å². The third kappa shape index (κ3) is 3.26. The molecule has 0 aliphatic carbocycles. The number of pyridine rings is 1. The minimum Gasteiger partial charge on any atom is -0.494 e. The zero-order valence-corrected chi connectivity index (χ0v) is 11.3. The number of anilines is 1. The van der Waals surface area contributed by atoms with E-state index in [0.29, 0.717) is 23.5 Å². The van der Waals surface area contributed by atoms with Crippen LogP contribution in [-0.2, 0) is 6.42 Å². The Balaban J connectivity index is 1.97. The summed E-state index contributed by atoms with van der Waals surface area (Å²) in [4.78, 5) is 16.1. The summed E-state index contributed by atoms with van der Waals surface area (Å²) in [5.41, 5.74) is 7.80. The molecule has 2 rings (SSSR count). The van der Waals surface area contributed by atoms with E-state index in [1.165, 1.54) is 7.11 Å². The Hall–Kier alpha value is -2.56. The van der Waals surface area contributed by atoms with Gasteiger partial charge in [-0.05, 0) is 36.2 Å². The van der Waals surface area contributed by atoms with E-state index in [2.05, 4.69) is 10.3 Å². The molecule has 20 heavy (non-hydrogen) atoms. The van der Waals surface area contributed by atoms with Gasteiger partial charge in [0.15, 0.2) is 5.75 Å². The van der Waals surface area contributed by atoms with Crippen molar-refractivity contribution in [3.8, 4) is 5.75 Å². The van der Waals surface area contributed by atoms with E-state index in [-0.39, 0.29) is 5.91 Å². The second-order valence-electron chi connectivity index (χ2n) is 4.29. The van der Waals surface area contributed by atoms with E-state index in [9.17, 15) is 4.79 Å². The van der Waals surface area contributed by atoms with Crippen molar-refractivity contribution in [1.29, 1.82) is 0 Å². The number of nitrogens with two attached hydrogens (primary N) is 1. The largest absolute Gasteiger partial charge is 0.494 e. The Morgan fingerprint density at radius 3 is 2.75 bits per heavy atom. The monoisotopic (exact) mass is 271 g/mol. The van der Waals surface area contributed by atoms with Crippen LogP contribution in [0.4, 0.5) is 5.69 Å². The van der Waals surface area contributed by atoms with E-state index >= 15 is 0 Å². The van der Waals surface area contributed by atoms with Gasteiger partial charge in [-0.2, -0.15) is 0 Å². The number of ether oxygens (including phenoxy) is 1. The van der Waals surface area contributed by atoms with Crippen molar-refractivity contribution in [3.63, 3.8) is 0 Å². The van der Waals surface area contributed by atoms with Gasteiger partial charge in [0.25, 0.3) is 5.91 Å². The smallest absolute Gasteiger partial charge is 0.255 e. The molecule has 1 aromatic carbocycles. The highest BCUT2D eigenvalue weighted by molar-refractivity contribution is 5.98. The lowest BCUT2D eigenvalue weighted by molar-refractivity contribution is 0.0951. The van der Waals surface area contributed by atoms with Crippen LogP contribution in [0.25, 0.3) is 0 Å². The number of rotatable bonds is 5. The number of nitrogens with zero attached hydrogens (tertiary/aromatic N) is 1. The number of carbonyl (C=O) groups excluding carboxylic acids is 1. The Labute approximate surface area is 117 Å². The Bertz CT molecular complexity index is 585. The van der Waals surface area contributed by atoms with Gasteiger partial charge < -0.3 is 15.8 Å². The van der Waals surface area contributed by atoms with Gasteiger partial charge in [-0.25, -0.2) is 0 Å². The average Bonchev–Trinajstić information content (AvgIpc) is 2.48. The summed E-state index contributed by atoms with van der Waals surface area (Å²) in [6, 6.07) is 8.97. The van der Waals surface area contributed by atoms with Crippen LogP contribution in [0, 0.1) is 0 Å². The molecule has 0 aliphatic rings. The second-order valence-corrected chi connectivity index (χ2v) is 4.29. The molecule has 104 valence electrons. The van der Waals surface area contributed by atoms with Crippen LogP contribution < -0.4 is 15.8 Å². The maximum Gasteiger partial charge on any atom is 0.255 e. The third-order valence-corrected chi connectivity index (χ3v) is 2.94. The summed E-state index contributed by atoms with van der Waals surface area (Å²) in [5, 5.41) is 2.85. The Morgan fingerprint density at radius 1 is 1.30 bits per heavy atom. The van der Waals surface area contributed by atoms with Crippen LogP contribution in [-0.4, -0.2) is 24.5 Å². The Kier molecular flexibility index (Phi) is 4.55. The molecule has 0 saturated carbocycles. The molecule has 2 aromatic rings. The lowest BCUT2D eigenvalue weighted by atomic mass is 10.1. The first kappa shape index (κ1) is 13.9. The minimum absolute atomic E-state index is 0.191. The summed E-state index contributed by atoms with van der Waals surface area (Å²) in [7, 11) is 1.50. The van der Waals surface area contributed by atoms with E-state index in [4.69, 9.17) is 10.5 Å². The predicted octanol–water partition coefficient (Wildman–Crippen LogP) is 1.64. The van der Waals surface area contributed by atoms with Crippen molar-refractivity contribution in [2.24, 2.45) is 0 Å². The molecular weight excluding hydrogens is 254 g/mol. The highest BCUT2D eigenvalue weighted by Crippen LogP contribution is 2.25.